The molecule has 0 spiro atoms. The second kappa shape index (κ2) is 7.08. The quantitative estimate of drug-likeness (QED) is 0.786. The molecule has 0 aromatic heterocycles. The molecule has 0 bridgehead atoms. The zero-order chi connectivity index (χ0) is 16.2. The van der Waals surface area contributed by atoms with Gasteiger partial charge in [0.05, 0.1) is 4.90 Å². The van der Waals surface area contributed by atoms with Gasteiger partial charge in [-0.1, -0.05) is 6.92 Å². The van der Waals surface area contributed by atoms with Crippen molar-refractivity contribution in [3.05, 3.63) is 24.3 Å². The number of amides is 1. The number of nitrogens with two attached hydrogens (primary N) is 1. The first kappa shape index (κ1) is 16.7. The third-order valence-electron chi connectivity index (χ3n) is 3.62. The van der Waals surface area contributed by atoms with Crippen molar-refractivity contribution in [1.82, 2.24) is 9.21 Å². The number of rotatable bonds is 6. The number of carbonyl (C=O) groups excluding carboxylic acids is 1. The summed E-state index contributed by atoms with van der Waals surface area (Å²) in [4.78, 5) is 13.1. The minimum Gasteiger partial charge on any atom is -0.484 e. The molecule has 1 fully saturated rings. The Hall–Kier alpha value is -1.64. The van der Waals surface area contributed by atoms with Gasteiger partial charge in [-0.05, 0) is 30.8 Å². The highest BCUT2D eigenvalue weighted by Crippen LogP contribution is 2.20. The van der Waals surface area contributed by atoms with Gasteiger partial charge in [-0.3, -0.25) is 4.79 Å². The highest BCUT2D eigenvalue weighted by molar-refractivity contribution is 7.89. The maximum absolute atomic E-state index is 12.6. The monoisotopic (exact) mass is 327 g/mol. The molecule has 122 valence electrons. The van der Waals surface area contributed by atoms with E-state index in [4.69, 9.17) is 10.5 Å². The first-order chi connectivity index (χ1) is 10.4. The molecule has 2 N–H and O–H groups in total. The Morgan fingerprint density at radius 2 is 1.77 bits per heavy atom. The summed E-state index contributed by atoms with van der Waals surface area (Å²) in [5.41, 5.74) is 4.99. The number of sulfonamides is 1. The normalized spacial score (nSPS) is 17.3. The molecule has 2 rings (SSSR count). The summed E-state index contributed by atoms with van der Waals surface area (Å²) in [5.74, 6) is -0.168. The van der Waals surface area contributed by atoms with Crippen LogP contribution in [0, 0.1) is 0 Å². The van der Waals surface area contributed by atoms with Gasteiger partial charge >= 0.3 is 0 Å². The van der Waals surface area contributed by atoms with Crippen LogP contribution in [0.1, 0.15) is 6.92 Å². The van der Waals surface area contributed by atoms with Crippen molar-refractivity contribution in [3.63, 3.8) is 0 Å². The maximum Gasteiger partial charge on any atom is 0.255 e. The van der Waals surface area contributed by atoms with Gasteiger partial charge in [-0.2, -0.15) is 4.31 Å². The van der Waals surface area contributed by atoms with Crippen molar-refractivity contribution in [2.45, 2.75) is 11.8 Å². The van der Waals surface area contributed by atoms with E-state index in [-0.39, 0.29) is 11.5 Å². The Morgan fingerprint density at radius 1 is 1.18 bits per heavy atom. The Bertz CT molecular complexity index is 607. The molecule has 7 nitrogen and oxygen atoms in total. The first-order valence-electron chi connectivity index (χ1n) is 7.17. The van der Waals surface area contributed by atoms with Crippen LogP contribution >= 0.6 is 0 Å². The number of carbonyl (C=O) groups is 1. The second-order valence-corrected chi connectivity index (χ2v) is 7.00. The Labute approximate surface area is 130 Å². The average molecular weight is 327 g/mol. The third kappa shape index (κ3) is 3.96. The molecular weight excluding hydrogens is 306 g/mol. The van der Waals surface area contributed by atoms with Crippen LogP contribution in [-0.4, -0.2) is 62.9 Å². The van der Waals surface area contributed by atoms with Crippen LogP contribution in [0.4, 0.5) is 0 Å². The maximum atomic E-state index is 12.6. The lowest BCUT2D eigenvalue weighted by Crippen LogP contribution is -2.48. The minimum atomic E-state index is -3.48. The summed E-state index contributed by atoms with van der Waals surface area (Å²) in [5, 5.41) is 0. The van der Waals surface area contributed by atoms with Gasteiger partial charge in [-0.15, -0.1) is 0 Å². The van der Waals surface area contributed by atoms with E-state index >= 15 is 0 Å². The molecule has 1 aromatic rings. The third-order valence-corrected chi connectivity index (χ3v) is 5.53. The molecule has 8 heteroatoms. The van der Waals surface area contributed by atoms with Gasteiger partial charge in [0.2, 0.25) is 10.0 Å². The average Bonchev–Trinajstić information content (AvgIpc) is 2.53. The number of piperazine rings is 1. The zero-order valence-electron chi connectivity index (χ0n) is 12.6. The van der Waals surface area contributed by atoms with E-state index in [9.17, 15) is 13.2 Å². The predicted octanol–water partition coefficient (Wildman–Crippen LogP) is -0.123. The Balaban J connectivity index is 2.05. The minimum absolute atomic E-state index is 0.226. The second-order valence-electron chi connectivity index (χ2n) is 5.06. The lowest BCUT2D eigenvalue weighted by atomic mass is 10.3. The van der Waals surface area contributed by atoms with Crippen molar-refractivity contribution < 1.29 is 17.9 Å². The van der Waals surface area contributed by atoms with Crippen molar-refractivity contribution in [2.24, 2.45) is 5.73 Å². The topological polar surface area (TPSA) is 92.9 Å². The number of hydrogen-bond donors (Lipinski definition) is 1. The van der Waals surface area contributed by atoms with Crippen LogP contribution in [0.2, 0.25) is 0 Å². The van der Waals surface area contributed by atoms with Gasteiger partial charge in [0.15, 0.2) is 6.61 Å². The van der Waals surface area contributed by atoms with E-state index in [0.29, 0.717) is 18.8 Å². The van der Waals surface area contributed by atoms with Crippen LogP contribution < -0.4 is 10.5 Å². The molecule has 0 radical (unpaired) electrons. The van der Waals surface area contributed by atoms with Crippen LogP contribution in [0.15, 0.2) is 29.2 Å². The molecule has 1 aliphatic heterocycles. The van der Waals surface area contributed by atoms with E-state index < -0.39 is 15.9 Å². The molecular formula is C14H21N3O4S. The first-order valence-corrected chi connectivity index (χ1v) is 8.61. The number of nitrogens with zero attached hydrogens (tertiary/aromatic N) is 2. The Morgan fingerprint density at radius 3 is 2.27 bits per heavy atom. The van der Waals surface area contributed by atoms with Crippen molar-refractivity contribution in [3.8, 4) is 5.75 Å². The fraction of sp³-hybridized carbons (Fsp3) is 0.500. The number of ether oxygens (including phenoxy) is 1. The Kier molecular flexibility index (Phi) is 5.38. The summed E-state index contributed by atoms with van der Waals surface area (Å²) >= 11 is 0. The van der Waals surface area contributed by atoms with Crippen LogP contribution in [-0.2, 0) is 14.8 Å². The van der Waals surface area contributed by atoms with Crippen molar-refractivity contribution in [2.75, 3.05) is 39.3 Å². The highest BCUT2D eigenvalue weighted by Gasteiger charge is 2.27. The number of benzene rings is 1. The number of likely N-dealkylation sites (N-methyl/N-ethyl adjacent to an activating group) is 1. The van der Waals surface area contributed by atoms with Gasteiger partial charge in [0, 0.05) is 26.2 Å². The van der Waals surface area contributed by atoms with Crippen LogP contribution in [0.5, 0.6) is 5.75 Å². The standard InChI is InChI=1S/C14H21N3O4S/c1-2-16-7-9-17(10-8-16)22(19,20)13-5-3-12(4-6-13)21-11-14(15)18/h3-6H,2,7-11H2,1H3,(H2,15,18). The van der Waals surface area contributed by atoms with Gasteiger partial charge in [0.1, 0.15) is 5.75 Å². The molecule has 0 unspecified atom stereocenters. The summed E-state index contributed by atoms with van der Waals surface area (Å²) in [6.45, 7) is 5.25. The summed E-state index contributed by atoms with van der Waals surface area (Å²) in [6, 6.07) is 6.02. The van der Waals surface area contributed by atoms with E-state index in [2.05, 4.69) is 11.8 Å². The summed E-state index contributed by atoms with van der Waals surface area (Å²) < 4.78 is 31.7. The molecule has 1 aromatic carbocycles. The van der Waals surface area contributed by atoms with Crippen molar-refractivity contribution in [1.29, 1.82) is 0 Å². The fourth-order valence-electron chi connectivity index (χ4n) is 2.30. The molecule has 1 amide bonds. The van der Waals surface area contributed by atoms with Gasteiger partial charge in [0.25, 0.3) is 5.91 Å². The molecule has 1 aliphatic rings. The number of primary amides is 1. The van der Waals surface area contributed by atoms with Crippen molar-refractivity contribution >= 4 is 15.9 Å². The zero-order valence-corrected chi connectivity index (χ0v) is 13.4. The van der Waals surface area contributed by atoms with E-state index in [0.717, 1.165) is 19.6 Å². The fourth-order valence-corrected chi connectivity index (χ4v) is 3.72. The summed E-state index contributed by atoms with van der Waals surface area (Å²) in [6.07, 6.45) is 0. The molecule has 1 heterocycles. The lowest BCUT2D eigenvalue weighted by Gasteiger charge is -2.33. The van der Waals surface area contributed by atoms with Crippen LogP contribution in [0.3, 0.4) is 0 Å². The number of hydrogen-bond acceptors (Lipinski definition) is 5. The summed E-state index contributed by atoms with van der Waals surface area (Å²) in [7, 11) is -3.48. The van der Waals surface area contributed by atoms with Gasteiger partial charge in [-0.25, -0.2) is 8.42 Å². The molecule has 22 heavy (non-hydrogen) atoms. The van der Waals surface area contributed by atoms with Crippen LogP contribution in [0.25, 0.3) is 0 Å². The van der Waals surface area contributed by atoms with Gasteiger partial charge < -0.3 is 15.4 Å². The smallest absolute Gasteiger partial charge is 0.255 e. The molecule has 0 saturated carbocycles. The molecule has 0 aliphatic carbocycles. The van der Waals surface area contributed by atoms with E-state index in [1.54, 1.807) is 0 Å². The SMILES string of the molecule is CCN1CCN(S(=O)(=O)c2ccc(OCC(N)=O)cc2)CC1. The predicted molar refractivity (Wildman–Crippen MR) is 82.0 cm³/mol. The molecule has 1 saturated heterocycles. The molecule has 0 atom stereocenters. The largest absolute Gasteiger partial charge is 0.484 e. The van der Waals surface area contributed by atoms with E-state index in [1.165, 1.54) is 28.6 Å². The van der Waals surface area contributed by atoms with E-state index in [1.807, 2.05) is 0 Å². The highest BCUT2D eigenvalue weighted by atomic mass is 32.2. The lowest BCUT2D eigenvalue weighted by molar-refractivity contribution is -0.119.